The zero-order valence-corrected chi connectivity index (χ0v) is 7.20. The maximum Gasteiger partial charge on any atom is 0.162 e. The average molecular weight is 167 g/mol. The van der Waals surface area contributed by atoms with Gasteiger partial charge >= 0.3 is 0 Å². The van der Waals surface area contributed by atoms with Gasteiger partial charge in [0.2, 0.25) is 0 Å². The fourth-order valence-electron chi connectivity index (χ4n) is 1.05. The predicted octanol–water partition coefficient (Wildman–Crippen LogP) is 1.29. The van der Waals surface area contributed by atoms with Gasteiger partial charge in [0.05, 0.1) is 0 Å². The molecule has 0 heterocycles. The number of hydrogen-bond acceptors (Lipinski definition) is 3. The molecule has 1 rings (SSSR count). The Bertz CT molecular complexity index is 289. The van der Waals surface area contributed by atoms with E-state index in [9.17, 15) is 5.11 Å². The zero-order valence-electron chi connectivity index (χ0n) is 7.20. The normalized spacial score (nSPS) is 11.6. The third kappa shape index (κ3) is 1.51. The zero-order chi connectivity index (χ0) is 9.35. The van der Waals surface area contributed by atoms with Gasteiger partial charge in [0.1, 0.15) is 0 Å². The number of phenols is 2. The molecule has 0 saturated carbocycles. The van der Waals surface area contributed by atoms with Gasteiger partial charge in [-0.2, -0.15) is 0 Å². The van der Waals surface area contributed by atoms with Crippen molar-refractivity contribution in [2.24, 2.45) is 5.73 Å². The lowest BCUT2D eigenvalue weighted by Gasteiger charge is -2.20. The van der Waals surface area contributed by atoms with Gasteiger partial charge in [-0.15, -0.1) is 0 Å². The summed E-state index contributed by atoms with van der Waals surface area (Å²) < 4.78 is 0. The minimum atomic E-state index is -0.636. The molecule has 0 atom stereocenters. The van der Waals surface area contributed by atoms with Crippen molar-refractivity contribution in [1.29, 1.82) is 0 Å². The van der Waals surface area contributed by atoms with Gasteiger partial charge in [0, 0.05) is 11.1 Å². The number of rotatable bonds is 1. The number of hydrogen-bond donors (Lipinski definition) is 3. The first kappa shape index (κ1) is 8.87. The van der Waals surface area contributed by atoms with E-state index < -0.39 is 5.54 Å². The van der Waals surface area contributed by atoms with Gasteiger partial charge in [-0.25, -0.2) is 0 Å². The molecule has 0 saturated heterocycles. The number of aromatic hydroxyl groups is 2. The molecule has 3 nitrogen and oxygen atoms in total. The quantitative estimate of drug-likeness (QED) is 0.552. The molecule has 3 heteroatoms. The molecular formula is C9H13NO2. The first-order chi connectivity index (χ1) is 5.43. The Morgan fingerprint density at radius 1 is 1.25 bits per heavy atom. The van der Waals surface area contributed by atoms with Crippen LogP contribution in [-0.2, 0) is 5.54 Å². The van der Waals surface area contributed by atoms with E-state index in [2.05, 4.69) is 0 Å². The Labute approximate surface area is 71.5 Å². The summed E-state index contributed by atoms with van der Waals surface area (Å²) in [5.74, 6) is -0.268. The van der Waals surface area contributed by atoms with Crippen LogP contribution in [0.5, 0.6) is 11.5 Å². The predicted molar refractivity (Wildman–Crippen MR) is 47.0 cm³/mol. The molecule has 1 aromatic carbocycles. The lowest BCUT2D eigenvalue weighted by Crippen LogP contribution is -2.28. The molecule has 0 aliphatic heterocycles. The highest BCUT2D eigenvalue weighted by molar-refractivity contribution is 5.47. The number of para-hydroxylation sites is 1. The summed E-state index contributed by atoms with van der Waals surface area (Å²) in [5, 5.41) is 18.6. The number of benzene rings is 1. The first-order valence-electron chi connectivity index (χ1n) is 3.73. The van der Waals surface area contributed by atoms with Crippen LogP contribution in [0.3, 0.4) is 0 Å². The number of nitrogens with two attached hydrogens (primary N) is 1. The minimum absolute atomic E-state index is 0.133. The molecule has 0 aromatic heterocycles. The summed E-state index contributed by atoms with van der Waals surface area (Å²) in [7, 11) is 0. The smallest absolute Gasteiger partial charge is 0.162 e. The molecule has 0 aliphatic carbocycles. The Hall–Kier alpha value is -1.22. The van der Waals surface area contributed by atoms with Crippen LogP contribution in [0.2, 0.25) is 0 Å². The van der Waals surface area contributed by atoms with Crippen molar-refractivity contribution in [3.63, 3.8) is 0 Å². The second-order valence-electron chi connectivity index (χ2n) is 3.39. The van der Waals surface area contributed by atoms with Crippen LogP contribution < -0.4 is 5.73 Å². The van der Waals surface area contributed by atoms with Crippen molar-refractivity contribution in [2.75, 3.05) is 0 Å². The van der Waals surface area contributed by atoms with Crippen LogP contribution in [-0.4, -0.2) is 10.2 Å². The number of phenolic OH excluding ortho intramolecular Hbond substituents is 2. The highest BCUT2D eigenvalue weighted by atomic mass is 16.3. The average Bonchev–Trinajstić information content (AvgIpc) is 1.92. The summed E-state index contributed by atoms with van der Waals surface area (Å²) in [6, 6.07) is 4.76. The van der Waals surface area contributed by atoms with Crippen LogP contribution in [0, 0.1) is 0 Å². The molecule has 0 bridgehead atoms. The van der Waals surface area contributed by atoms with Gasteiger partial charge < -0.3 is 15.9 Å². The van der Waals surface area contributed by atoms with Crippen molar-refractivity contribution < 1.29 is 10.2 Å². The molecule has 0 radical (unpaired) electrons. The van der Waals surface area contributed by atoms with Crippen molar-refractivity contribution in [3.05, 3.63) is 23.8 Å². The van der Waals surface area contributed by atoms with E-state index in [4.69, 9.17) is 10.8 Å². The topological polar surface area (TPSA) is 66.5 Å². The Kier molecular flexibility index (Phi) is 1.98. The monoisotopic (exact) mass is 167 g/mol. The second kappa shape index (κ2) is 2.68. The molecule has 1 aromatic rings. The van der Waals surface area contributed by atoms with Crippen LogP contribution in [0.25, 0.3) is 0 Å². The van der Waals surface area contributed by atoms with E-state index >= 15 is 0 Å². The second-order valence-corrected chi connectivity index (χ2v) is 3.39. The van der Waals surface area contributed by atoms with E-state index in [1.54, 1.807) is 26.0 Å². The van der Waals surface area contributed by atoms with Gasteiger partial charge in [-0.05, 0) is 19.9 Å². The van der Waals surface area contributed by atoms with E-state index in [1.165, 1.54) is 6.07 Å². The van der Waals surface area contributed by atoms with Crippen molar-refractivity contribution in [2.45, 2.75) is 19.4 Å². The Balaban J connectivity index is 3.26. The van der Waals surface area contributed by atoms with Crippen molar-refractivity contribution >= 4 is 0 Å². The SMILES string of the molecule is CC(C)(N)c1cccc(O)c1O. The Morgan fingerprint density at radius 3 is 2.25 bits per heavy atom. The molecule has 0 amide bonds. The molecule has 0 spiro atoms. The molecular weight excluding hydrogens is 154 g/mol. The summed E-state index contributed by atoms with van der Waals surface area (Å²) >= 11 is 0. The van der Waals surface area contributed by atoms with Crippen LogP contribution in [0.4, 0.5) is 0 Å². The van der Waals surface area contributed by atoms with E-state index in [-0.39, 0.29) is 11.5 Å². The summed E-state index contributed by atoms with van der Waals surface area (Å²) in [6.07, 6.45) is 0. The molecule has 0 unspecified atom stereocenters. The molecule has 0 aliphatic rings. The summed E-state index contributed by atoms with van der Waals surface area (Å²) in [5.41, 5.74) is 5.66. The van der Waals surface area contributed by atoms with Gasteiger partial charge in [0.25, 0.3) is 0 Å². The molecule has 0 fully saturated rings. The van der Waals surface area contributed by atoms with Crippen molar-refractivity contribution in [3.8, 4) is 11.5 Å². The van der Waals surface area contributed by atoms with E-state index in [0.717, 1.165) is 0 Å². The lowest BCUT2D eigenvalue weighted by atomic mass is 9.94. The molecule has 66 valence electrons. The van der Waals surface area contributed by atoms with Crippen LogP contribution in [0.1, 0.15) is 19.4 Å². The van der Waals surface area contributed by atoms with Crippen LogP contribution in [0.15, 0.2) is 18.2 Å². The molecule has 12 heavy (non-hydrogen) atoms. The molecule has 4 N–H and O–H groups in total. The summed E-state index contributed by atoms with van der Waals surface area (Å²) in [6.45, 7) is 3.53. The summed E-state index contributed by atoms with van der Waals surface area (Å²) in [4.78, 5) is 0. The van der Waals surface area contributed by atoms with Gasteiger partial charge in [0.15, 0.2) is 11.5 Å². The van der Waals surface area contributed by atoms with Gasteiger partial charge in [-0.3, -0.25) is 0 Å². The van der Waals surface area contributed by atoms with Crippen molar-refractivity contribution in [1.82, 2.24) is 0 Å². The maximum absolute atomic E-state index is 9.40. The highest BCUT2D eigenvalue weighted by Crippen LogP contribution is 2.33. The third-order valence-corrected chi connectivity index (χ3v) is 1.71. The van der Waals surface area contributed by atoms with E-state index in [1.807, 2.05) is 0 Å². The lowest BCUT2D eigenvalue weighted by molar-refractivity contribution is 0.386. The third-order valence-electron chi connectivity index (χ3n) is 1.71. The fraction of sp³-hybridized carbons (Fsp3) is 0.333. The highest BCUT2D eigenvalue weighted by Gasteiger charge is 2.19. The largest absolute Gasteiger partial charge is 0.504 e. The maximum atomic E-state index is 9.40. The fourth-order valence-corrected chi connectivity index (χ4v) is 1.05. The minimum Gasteiger partial charge on any atom is -0.504 e. The Morgan fingerprint density at radius 2 is 1.83 bits per heavy atom. The first-order valence-corrected chi connectivity index (χ1v) is 3.73. The van der Waals surface area contributed by atoms with Crippen LogP contribution >= 0.6 is 0 Å². The standard InChI is InChI=1S/C9H13NO2/c1-9(2,10)6-4-3-5-7(11)8(6)12/h3-5,11-12H,10H2,1-2H3. The van der Waals surface area contributed by atoms with E-state index in [0.29, 0.717) is 5.56 Å². The van der Waals surface area contributed by atoms with Gasteiger partial charge in [-0.1, -0.05) is 12.1 Å².